The number of amides is 1. The average Bonchev–Trinajstić information content (AvgIpc) is 3.17. The van der Waals surface area contributed by atoms with Gasteiger partial charge in [-0.3, -0.25) is 14.4 Å². The fraction of sp³-hybridized carbons (Fsp3) is 0.400. The number of carbonyl (C=O) groups is 3. The van der Waals surface area contributed by atoms with Gasteiger partial charge in [0, 0.05) is 23.4 Å². The van der Waals surface area contributed by atoms with Gasteiger partial charge in [0.25, 0.3) is 5.91 Å². The Morgan fingerprint density at radius 1 is 1.27 bits per heavy atom. The van der Waals surface area contributed by atoms with Crippen LogP contribution in [0.3, 0.4) is 0 Å². The lowest BCUT2D eigenvalue weighted by Gasteiger charge is -2.23. The van der Waals surface area contributed by atoms with Crippen molar-refractivity contribution < 1.29 is 22.8 Å². The zero-order valence-corrected chi connectivity index (χ0v) is 18.3. The van der Waals surface area contributed by atoms with Gasteiger partial charge in [0.15, 0.2) is 5.78 Å². The Hall–Kier alpha value is -2.43. The van der Waals surface area contributed by atoms with Gasteiger partial charge < -0.3 is 5.32 Å². The molecule has 2 atom stereocenters. The highest BCUT2D eigenvalue weighted by Gasteiger charge is 2.34. The molecule has 2 aromatic rings. The fourth-order valence-electron chi connectivity index (χ4n) is 3.23. The van der Waals surface area contributed by atoms with E-state index in [1.165, 1.54) is 23.5 Å². The van der Waals surface area contributed by atoms with Crippen LogP contribution in [0.25, 0.3) is 0 Å². The van der Waals surface area contributed by atoms with Crippen molar-refractivity contribution in [2.75, 3.05) is 0 Å². The molecule has 0 spiro atoms. The van der Waals surface area contributed by atoms with Crippen molar-refractivity contribution in [1.29, 1.82) is 0 Å². The zero-order valence-electron chi connectivity index (χ0n) is 16.6. The van der Waals surface area contributed by atoms with Crippen LogP contribution in [0.5, 0.6) is 0 Å². The van der Waals surface area contributed by atoms with Crippen LogP contribution in [0.2, 0.25) is 0 Å². The van der Waals surface area contributed by atoms with Crippen molar-refractivity contribution in [2.24, 2.45) is 11.8 Å². The maximum absolute atomic E-state index is 13.0. The highest BCUT2D eigenvalue weighted by atomic mass is 32.2. The lowest BCUT2D eigenvalue weighted by atomic mass is 9.88. The quantitative estimate of drug-likeness (QED) is 0.617. The number of Topliss-reactive ketones (excluding diaryl/α,β-unsaturated/α-hetero) is 2. The molecule has 160 valence electrons. The number of thiazole rings is 1. The van der Waals surface area contributed by atoms with Gasteiger partial charge in [0.1, 0.15) is 5.01 Å². The molecular weight excluding hydrogens is 426 g/mol. The molecule has 0 saturated heterocycles. The van der Waals surface area contributed by atoms with Crippen LogP contribution in [-0.4, -0.2) is 36.9 Å². The molecule has 0 saturated carbocycles. The number of rotatable bonds is 7. The number of carbonyl (C=O) groups excluding carboxylic acids is 3. The number of hydrogen-bond acceptors (Lipinski definition) is 7. The third-order valence-electron chi connectivity index (χ3n) is 4.84. The molecule has 1 aliphatic rings. The summed E-state index contributed by atoms with van der Waals surface area (Å²) in [4.78, 5) is 42.8. The van der Waals surface area contributed by atoms with Crippen LogP contribution in [0, 0.1) is 11.8 Å². The number of sulfonamides is 1. The largest absolute Gasteiger partial charge is 0.343 e. The van der Waals surface area contributed by atoms with E-state index in [-0.39, 0.29) is 30.2 Å². The van der Waals surface area contributed by atoms with E-state index in [0.717, 1.165) is 4.88 Å². The first-order valence-corrected chi connectivity index (χ1v) is 11.8. The molecule has 2 bridgehead atoms. The van der Waals surface area contributed by atoms with Gasteiger partial charge >= 0.3 is 0 Å². The number of aromatic nitrogens is 1. The second-order valence-corrected chi connectivity index (χ2v) is 10.4. The molecule has 0 fully saturated rings. The lowest BCUT2D eigenvalue weighted by molar-refractivity contribution is -0.141. The first-order valence-electron chi connectivity index (χ1n) is 9.53. The summed E-state index contributed by atoms with van der Waals surface area (Å²) < 4.78 is 27.8. The summed E-state index contributed by atoms with van der Waals surface area (Å²) in [6, 6.07) is 6.76. The summed E-state index contributed by atoms with van der Waals surface area (Å²) in [5.41, 5.74) is 0. The minimum absolute atomic E-state index is 0.0542. The molecule has 8 nitrogen and oxygen atoms in total. The Balaban J connectivity index is 1.80. The van der Waals surface area contributed by atoms with Gasteiger partial charge in [-0.15, -0.1) is 11.3 Å². The van der Waals surface area contributed by atoms with Crippen molar-refractivity contribution in [3.05, 3.63) is 46.4 Å². The van der Waals surface area contributed by atoms with E-state index in [2.05, 4.69) is 15.0 Å². The number of fused-ring (bicyclic) bond motifs is 2. The molecule has 1 aromatic carbocycles. The first-order chi connectivity index (χ1) is 14.2. The predicted octanol–water partition coefficient (Wildman–Crippen LogP) is 1.46. The molecule has 1 aliphatic heterocycles. The van der Waals surface area contributed by atoms with E-state index in [1.807, 2.05) is 0 Å². The molecule has 3 rings (SSSR count). The number of benzene rings is 1. The average molecular weight is 450 g/mol. The van der Waals surface area contributed by atoms with E-state index in [0.29, 0.717) is 5.01 Å². The molecule has 1 aromatic heterocycles. The van der Waals surface area contributed by atoms with Crippen LogP contribution in [0.1, 0.15) is 30.2 Å². The van der Waals surface area contributed by atoms with Crippen molar-refractivity contribution in [3.63, 3.8) is 0 Å². The molecule has 0 aliphatic carbocycles. The summed E-state index contributed by atoms with van der Waals surface area (Å²) in [6.07, 6.45) is 1.62. The zero-order chi connectivity index (χ0) is 21.9. The lowest BCUT2D eigenvalue weighted by Crippen LogP contribution is -2.46. The maximum Gasteiger partial charge on any atom is 0.288 e. The van der Waals surface area contributed by atoms with Gasteiger partial charge in [-0.05, 0) is 24.5 Å². The van der Waals surface area contributed by atoms with Crippen LogP contribution < -0.4 is 10.0 Å². The third kappa shape index (κ3) is 5.18. The smallest absolute Gasteiger partial charge is 0.288 e. The Morgan fingerprint density at radius 3 is 2.63 bits per heavy atom. The normalized spacial score (nSPS) is 18.3. The van der Waals surface area contributed by atoms with E-state index >= 15 is 0 Å². The first kappa shape index (κ1) is 22.3. The summed E-state index contributed by atoms with van der Waals surface area (Å²) in [5, 5.41) is 3.21. The van der Waals surface area contributed by atoms with Gasteiger partial charge in [0.05, 0.1) is 17.5 Å². The van der Waals surface area contributed by atoms with E-state index < -0.39 is 39.5 Å². The number of ketones is 2. The molecule has 2 unspecified atom stereocenters. The molecule has 0 radical (unpaired) electrons. The molecule has 30 heavy (non-hydrogen) atoms. The van der Waals surface area contributed by atoms with E-state index in [4.69, 9.17) is 0 Å². The molecule has 2 heterocycles. The van der Waals surface area contributed by atoms with E-state index in [1.54, 1.807) is 38.2 Å². The van der Waals surface area contributed by atoms with Gasteiger partial charge in [0.2, 0.25) is 15.8 Å². The standard InChI is InChI=1S/C20H23N3O5S2/c1-12(2)18(23-30(27,28)15-6-4-3-5-7-15)16(24)9-13-8-14-10-21-17(29-14)11-22-20(26)19(13)25/h3-7,10,12-13,18,23H,8-9,11H2,1-2H3,(H,22,26). The van der Waals surface area contributed by atoms with Crippen LogP contribution in [-0.2, 0) is 37.4 Å². The van der Waals surface area contributed by atoms with Crippen LogP contribution >= 0.6 is 11.3 Å². The van der Waals surface area contributed by atoms with Crippen molar-refractivity contribution in [3.8, 4) is 0 Å². The minimum Gasteiger partial charge on any atom is -0.343 e. The van der Waals surface area contributed by atoms with Gasteiger partial charge in [-0.25, -0.2) is 18.1 Å². The minimum atomic E-state index is -3.91. The topological polar surface area (TPSA) is 122 Å². The predicted molar refractivity (Wildman–Crippen MR) is 111 cm³/mol. The summed E-state index contributed by atoms with van der Waals surface area (Å²) in [6.45, 7) is 3.62. The SMILES string of the molecule is CC(C)C(NS(=O)(=O)c1ccccc1)C(=O)CC1Cc2cnc(s2)CNC(=O)C1=O. The van der Waals surface area contributed by atoms with Gasteiger partial charge in [-0.2, -0.15) is 0 Å². The highest BCUT2D eigenvalue weighted by Crippen LogP contribution is 2.23. The summed E-state index contributed by atoms with van der Waals surface area (Å²) in [7, 11) is -3.91. The second kappa shape index (κ2) is 9.15. The Bertz CT molecular complexity index is 1050. The molecule has 10 heteroatoms. The Labute approximate surface area is 179 Å². The van der Waals surface area contributed by atoms with Crippen molar-refractivity contribution in [1.82, 2.24) is 15.0 Å². The fourth-order valence-corrected chi connectivity index (χ4v) is 5.56. The number of hydrogen-bond donors (Lipinski definition) is 2. The summed E-state index contributed by atoms with van der Waals surface area (Å²) >= 11 is 1.38. The Kier molecular flexibility index (Phi) is 6.79. The van der Waals surface area contributed by atoms with Crippen LogP contribution in [0.4, 0.5) is 0 Å². The number of nitrogens with zero attached hydrogens (tertiary/aromatic N) is 1. The van der Waals surface area contributed by atoms with Gasteiger partial charge in [-0.1, -0.05) is 32.0 Å². The van der Waals surface area contributed by atoms with E-state index in [9.17, 15) is 22.8 Å². The van der Waals surface area contributed by atoms with Crippen molar-refractivity contribution in [2.45, 2.75) is 44.2 Å². The van der Waals surface area contributed by atoms with Crippen molar-refractivity contribution >= 4 is 38.8 Å². The Morgan fingerprint density at radius 2 is 1.97 bits per heavy atom. The molecule has 1 amide bonds. The third-order valence-corrected chi connectivity index (χ3v) is 7.32. The number of nitrogens with one attached hydrogen (secondary N) is 2. The highest BCUT2D eigenvalue weighted by molar-refractivity contribution is 7.89. The summed E-state index contributed by atoms with van der Waals surface area (Å²) in [5.74, 6) is -3.07. The molecular formula is C20H23N3O5S2. The monoisotopic (exact) mass is 449 g/mol. The second-order valence-electron chi connectivity index (χ2n) is 7.49. The van der Waals surface area contributed by atoms with Crippen LogP contribution in [0.15, 0.2) is 41.4 Å². The maximum atomic E-state index is 13.0. The molecule has 2 N–H and O–H groups in total.